The highest BCUT2D eigenvalue weighted by molar-refractivity contribution is 5.71. The van der Waals surface area contributed by atoms with Crippen LogP contribution in [0.3, 0.4) is 0 Å². The van der Waals surface area contributed by atoms with Gasteiger partial charge in [0.2, 0.25) is 0 Å². The summed E-state index contributed by atoms with van der Waals surface area (Å²) in [6.07, 6.45) is 24.4. The van der Waals surface area contributed by atoms with Gasteiger partial charge in [0.05, 0.1) is 0 Å². The number of carboxylic acids is 1. The second-order valence-electron chi connectivity index (χ2n) is 5.57. The van der Waals surface area contributed by atoms with E-state index < -0.39 is 12.1 Å². The Morgan fingerprint density at radius 2 is 1.39 bits per heavy atom. The molecule has 0 aromatic rings. The maximum absolute atomic E-state index is 10.4. The third-order valence-corrected chi connectivity index (χ3v) is 3.38. The molecule has 0 amide bonds. The molecule has 0 rings (SSSR count). The molecule has 0 aromatic heterocycles. The minimum Gasteiger partial charge on any atom is -0.479 e. The van der Waals surface area contributed by atoms with Gasteiger partial charge in [-0.3, -0.25) is 0 Å². The van der Waals surface area contributed by atoms with Gasteiger partial charge in [0.1, 0.15) is 0 Å². The Balaban J connectivity index is 3.51. The molecule has 0 bridgehead atoms. The molecule has 0 saturated carbocycles. The Kier molecular flexibility index (Phi) is 15.6. The number of aliphatic hydroxyl groups is 1. The Morgan fingerprint density at radius 3 is 2.04 bits per heavy atom. The van der Waals surface area contributed by atoms with Crippen LogP contribution in [0.25, 0.3) is 0 Å². The second-order valence-corrected chi connectivity index (χ2v) is 5.57. The van der Waals surface area contributed by atoms with E-state index in [9.17, 15) is 4.79 Å². The molecule has 3 heteroatoms. The van der Waals surface area contributed by atoms with Crippen molar-refractivity contribution in [2.24, 2.45) is 0 Å². The standard InChI is InChI=1S/C20H32O3/c1-2-3-4-5-6-7-8-9-10-11-12-13-14-15-16-17-18-19(21)20(22)23/h6-7,10-15,19,21H,2-5,8-9,16-18H2,1H3,(H,22,23). The van der Waals surface area contributed by atoms with Crippen molar-refractivity contribution in [3.05, 3.63) is 48.6 Å². The van der Waals surface area contributed by atoms with Gasteiger partial charge in [0.15, 0.2) is 6.10 Å². The van der Waals surface area contributed by atoms with E-state index in [4.69, 9.17) is 10.2 Å². The molecule has 0 fully saturated rings. The van der Waals surface area contributed by atoms with Crippen LogP contribution in [0.1, 0.15) is 64.7 Å². The van der Waals surface area contributed by atoms with Crippen LogP contribution >= 0.6 is 0 Å². The maximum atomic E-state index is 10.4. The summed E-state index contributed by atoms with van der Waals surface area (Å²) in [5.41, 5.74) is 0. The van der Waals surface area contributed by atoms with E-state index >= 15 is 0 Å². The first kappa shape index (κ1) is 21.4. The Hall–Kier alpha value is -1.61. The Bertz CT molecular complexity index is 392. The monoisotopic (exact) mass is 320 g/mol. The van der Waals surface area contributed by atoms with Crippen molar-refractivity contribution < 1.29 is 15.0 Å². The zero-order valence-corrected chi connectivity index (χ0v) is 14.4. The van der Waals surface area contributed by atoms with Crippen molar-refractivity contribution in [1.82, 2.24) is 0 Å². The van der Waals surface area contributed by atoms with Crippen molar-refractivity contribution >= 4 is 5.97 Å². The third kappa shape index (κ3) is 16.6. The lowest BCUT2D eigenvalue weighted by Gasteiger charge is -2.01. The van der Waals surface area contributed by atoms with Gasteiger partial charge in [-0.2, -0.15) is 0 Å². The molecule has 0 aliphatic rings. The van der Waals surface area contributed by atoms with Crippen molar-refractivity contribution in [3.8, 4) is 0 Å². The number of carboxylic acid groups (broad SMARTS) is 1. The minimum atomic E-state index is -1.23. The van der Waals surface area contributed by atoms with E-state index in [1.165, 1.54) is 25.7 Å². The fourth-order valence-corrected chi connectivity index (χ4v) is 1.97. The number of hydrogen-bond donors (Lipinski definition) is 2. The fourth-order valence-electron chi connectivity index (χ4n) is 1.97. The van der Waals surface area contributed by atoms with Crippen molar-refractivity contribution in [1.29, 1.82) is 0 Å². The van der Waals surface area contributed by atoms with Crippen LogP contribution in [0.2, 0.25) is 0 Å². The molecule has 0 aliphatic heterocycles. The summed E-state index contributed by atoms with van der Waals surface area (Å²) in [6, 6.07) is 0. The quantitative estimate of drug-likeness (QED) is 0.263. The molecule has 3 nitrogen and oxygen atoms in total. The van der Waals surface area contributed by atoms with Gasteiger partial charge in [0.25, 0.3) is 0 Å². The second kappa shape index (κ2) is 16.8. The molecule has 0 radical (unpaired) electrons. The van der Waals surface area contributed by atoms with Gasteiger partial charge in [-0.15, -0.1) is 0 Å². The van der Waals surface area contributed by atoms with Gasteiger partial charge < -0.3 is 10.2 Å². The van der Waals surface area contributed by atoms with E-state index in [0.717, 1.165) is 19.3 Å². The molecule has 1 atom stereocenters. The normalized spacial score (nSPS) is 13.8. The van der Waals surface area contributed by atoms with Gasteiger partial charge in [-0.25, -0.2) is 4.79 Å². The van der Waals surface area contributed by atoms with E-state index in [0.29, 0.717) is 12.8 Å². The molecule has 0 saturated heterocycles. The van der Waals surface area contributed by atoms with E-state index in [2.05, 4.69) is 25.2 Å². The largest absolute Gasteiger partial charge is 0.479 e. The molecule has 23 heavy (non-hydrogen) atoms. The van der Waals surface area contributed by atoms with Crippen LogP contribution in [0.4, 0.5) is 0 Å². The third-order valence-electron chi connectivity index (χ3n) is 3.38. The molecule has 0 heterocycles. The van der Waals surface area contributed by atoms with Gasteiger partial charge in [0, 0.05) is 0 Å². The Labute approximate surface area is 141 Å². The zero-order chi connectivity index (χ0) is 17.2. The summed E-state index contributed by atoms with van der Waals surface area (Å²) in [4.78, 5) is 10.4. The molecule has 130 valence electrons. The molecule has 0 aliphatic carbocycles. The van der Waals surface area contributed by atoms with Crippen LogP contribution in [0.5, 0.6) is 0 Å². The van der Waals surface area contributed by atoms with E-state index in [1.807, 2.05) is 30.4 Å². The average molecular weight is 320 g/mol. The van der Waals surface area contributed by atoms with Crippen molar-refractivity contribution in [2.75, 3.05) is 0 Å². The number of allylic oxidation sites excluding steroid dienone is 8. The molecule has 1 unspecified atom stereocenters. The van der Waals surface area contributed by atoms with Gasteiger partial charge in [-0.1, -0.05) is 68.4 Å². The van der Waals surface area contributed by atoms with Gasteiger partial charge >= 0.3 is 5.97 Å². The van der Waals surface area contributed by atoms with Gasteiger partial charge in [-0.05, 0) is 44.9 Å². The summed E-state index contributed by atoms with van der Waals surface area (Å²) < 4.78 is 0. The smallest absolute Gasteiger partial charge is 0.332 e. The first-order valence-corrected chi connectivity index (χ1v) is 8.72. The average Bonchev–Trinajstić information content (AvgIpc) is 2.54. The lowest BCUT2D eigenvalue weighted by molar-refractivity contribution is -0.146. The summed E-state index contributed by atoms with van der Waals surface area (Å²) in [6.45, 7) is 2.22. The summed E-state index contributed by atoms with van der Waals surface area (Å²) in [5.74, 6) is -1.14. The minimum absolute atomic E-state index is 0.301. The highest BCUT2D eigenvalue weighted by Gasteiger charge is 2.10. The van der Waals surface area contributed by atoms with E-state index in [-0.39, 0.29) is 0 Å². The SMILES string of the molecule is CCCCCC=CCCC=CC=CC=CCCCC(O)C(=O)O. The molecule has 0 spiro atoms. The highest BCUT2D eigenvalue weighted by Crippen LogP contribution is 2.03. The molecular formula is C20H32O3. The predicted octanol–water partition coefficient (Wildman–Crippen LogP) is 5.19. The lowest BCUT2D eigenvalue weighted by Crippen LogP contribution is -2.18. The topological polar surface area (TPSA) is 57.5 Å². The van der Waals surface area contributed by atoms with Crippen LogP contribution in [-0.2, 0) is 4.79 Å². The number of aliphatic hydroxyl groups excluding tert-OH is 1. The van der Waals surface area contributed by atoms with Crippen molar-refractivity contribution in [2.45, 2.75) is 70.8 Å². The van der Waals surface area contributed by atoms with Crippen molar-refractivity contribution in [3.63, 3.8) is 0 Å². The lowest BCUT2D eigenvalue weighted by atomic mass is 10.1. The number of carbonyl (C=O) groups is 1. The highest BCUT2D eigenvalue weighted by atomic mass is 16.4. The molecule has 2 N–H and O–H groups in total. The molecule has 0 aromatic carbocycles. The van der Waals surface area contributed by atoms with Crippen LogP contribution in [-0.4, -0.2) is 22.3 Å². The maximum Gasteiger partial charge on any atom is 0.332 e. The number of unbranched alkanes of at least 4 members (excludes halogenated alkanes) is 5. The number of hydrogen-bond acceptors (Lipinski definition) is 2. The number of rotatable bonds is 14. The Morgan fingerprint density at radius 1 is 0.826 bits per heavy atom. The fraction of sp³-hybridized carbons (Fsp3) is 0.550. The van der Waals surface area contributed by atoms with Crippen LogP contribution in [0, 0.1) is 0 Å². The molecular weight excluding hydrogens is 288 g/mol. The predicted molar refractivity (Wildman–Crippen MR) is 97.4 cm³/mol. The van der Waals surface area contributed by atoms with E-state index in [1.54, 1.807) is 0 Å². The first-order valence-electron chi connectivity index (χ1n) is 8.72. The number of aliphatic carboxylic acids is 1. The van der Waals surface area contributed by atoms with Crippen LogP contribution in [0.15, 0.2) is 48.6 Å². The zero-order valence-electron chi connectivity index (χ0n) is 14.4. The first-order chi connectivity index (χ1) is 11.2. The summed E-state index contributed by atoms with van der Waals surface area (Å²) in [5, 5.41) is 17.6. The summed E-state index contributed by atoms with van der Waals surface area (Å²) in [7, 11) is 0. The summed E-state index contributed by atoms with van der Waals surface area (Å²) >= 11 is 0. The van der Waals surface area contributed by atoms with Crippen LogP contribution < -0.4 is 0 Å².